The predicted molar refractivity (Wildman–Crippen MR) is 94.4 cm³/mol. The highest BCUT2D eigenvalue weighted by atomic mass is 32.1. The molecule has 3 heterocycles. The van der Waals surface area contributed by atoms with Gasteiger partial charge in [-0.05, 0) is 36.9 Å². The molecule has 2 aromatic heterocycles. The van der Waals surface area contributed by atoms with Gasteiger partial charge in [-0.3, -0.25) is 9.78 Å². The number of hydrogen-bond donors (Lipinski definition) is 2. The summed E-state index contributed by atoms with van der Waals surface area (Å²) in [6, 6.07) is 11.4. The van der Waals surface area contributed by atoms with Crippen LogP contribution in [0.1, 0.15) is 40.8 Å². The van der Waals surface area contributed by atoms with Crippen molar-refractivity contribution in [1.82, 2.24) is 24.5 Å². The Bertz CT molecular complexity index is 930. The third-order valence-electron chi connectivity index (χ3n) is 4.39. The number of nitrogens with zero attached hydrogens (tertiary/aromatic N) is 3. The molecular formula is C17H17N5O2S. The van der Waals surface area contributed by atoms with Crippen molar-refractivity contribution in [2.75, 3.05) is 6.54 Å². The molecule has 7 nitrogen and oxygen atoms in total. The summed E-state index contributed by atoms with van der Waals surface area (Å²) < 4.78 is 4.42. The lowest BCUT2D eigenvalue weighted by molar-refractivity contribution is 0.0605. The van der Waals surface area contributed by atoms with Gasteiger partial charge in [-0.1, -0.05) is 30.3 Å². The van der Waals surface area contributed by atoms with Crippen LogP contribution in [0.4, 0.5) is 0 Å². The average Bonchev–Trinajstić information content (AvgIpc) is 3.31. The number of hydrogen-bond acceptors (Lipinski definition) is 5. The Morgan fingerprint density at radius 1 is 1.24 bits per heavy atom. The van der Waals surface area contributed by atoms with Crippen molar-refractivity contribution < 1.29 is 4.79 Å². The van der Waals surface area contributed by atoms with Crippen LogP contribution in [-0.4, -0.2) is 36.9 Å². The van der Waals surface area contributed by atoms with E-state index in [4.69, 9.17) is 0 Å². The molecule has 2 N–H and O–H groups in total. The highest BCUT2D eigenvalue weighted by Crippen LogP contribution is 2.31. The van der Waals surface area contributed by atoms with Crippen molar-refractivity contribution in [3.63, 3.8) is 0 Å². The number of aromatic amines is 2. The van der Waals surface area contributed by atoms with E-state index in [0.29, 0.717) is 17.2 Å². The summed E-state index contributed by atoms with van der Waals surface area (Å²) in [6.07, 6.45) is 2.74. The fourth-order valence-corrected chi connectivity index (χ4v) is 3.88. The molecule has 0 saturated carbocycles. The molecule has 128 valence electrons. The molecule has 1 amide bonds. The molecule has 1 atom stereocenters. The lowest BCUT2D eigenvalue weighted by atomic mass is 10.0. The number of carbonyl (C=O) groups excluding carboxylic acids is 1. The van der Waals surface area contributed by atoms with Crippen LogP contribution in [0.3, 0.4) is 0 Å². The maximum absolute atomic E-state index is 13.0. The van der Waals surface area contributed by atoms with Gasteiger partial charge in [0.1, 0.15) is 4.88 Å². The third kappa shape index (κ3) is 3.12. The first-order valence-corrected chi connectivity index (χ1v) is 8.97. The van der Waals surface area contributed by atoms with E-state index >= 15 is 0 Å². The van der Waals surface area contributed by atoms with Gasteiger partial charge in [0.25, 0.3) is 5.91 Å². The molecule has 0 unspecified atom stereocenters. The van der Waals surface area contributed by atoms with Gasteiger partial charge < -0.3 is 4.90 Å². The molecule has 3 aromatic rings. The zero-order valence-electron chi connectivity index (χ0n) is 13.4. The highest BCUT2D eigenvalue weighted by molar-refractivity contribution is 7.08. The number of rotatable bonds is 3. The van der Waals surface area contributed by atoms with Gasteiger partial charge >= 0.3 is 5.69 Å². The molecule has 4 rings (SSSR count). The van der Waals surface area contributed by atoms with Gasteiger partial charge in [0.15, 0.2) is 5.82 Å². The van der Waals surface area contributed by atoms with E-state index in [0.717, 1.165) is 30.5 Å². The highest BCUT2D eigenvalue weighted by Gasteiger charge is 2.31. The zero-order valence-corrected chi connectivity index (χ0v) is 14.3. The molecule has 1 fully saturated rings. The fourth-order valence-electron chi connectivity index (χ4n) is 3.16. The Balaban J connectivity index is 1.61. The van der Waals surface area contributed by atoms with Gasteiger partial charge in [0.05, 0.1) is 11.7 Å². The number of amides is 1. The first kappa shape index (κ1) is 15.8. The van der Waals surface area contributed by atoms with Gasteiger partial charge in [0, 0.05) is 12.1 Å². The summed E-state index contributed by atoms with van der Waals surface area (Å²) in [6.45, 7) is 0.650. The Kier molecular flexibility index (Phi) is 4.19. The van der Waals surface area contributed by atoms with E-state index in [1.807, 2.05) is 36.4 Å². The molecule has 0 spiro atoms. The minimum atomic E-state index is -0.350. The van der Waals surface area contributed by atoms with Crippen LogP contribution in [0.5, 0.6) is 0 Å². The zero-order chi connectivity index (χ0) is 17.2. The summed E-state index contributed by atoms with van der Waals surface area (Å²) in [4.78, 5) is 29.4. The minimum absolute atomic E-state index is 0.0618. The Morgan fingerprint density at radius 2 is 2.08 bits per heavy atom. The van der Waals surface area contributed by atoms with Crippen molar-refractivity contribution in [3.8, 4) is 11.3 Å². The molecule has 25 heavy (non-hydrogen) atoms. The van der Waals surface area contributed by atoms with Crippen molar-refractivity contribution in [2.24, 2.45) is 0 Å². The van der Waals surface area contributed by atoms with Crippen LogP contribution in [0.2, 0.25) is 0 Å². The second-order valence-electron chi connectivity index (χ2n) is 6.02. The lowest BCUT2D eigenvalue weighted by Gasteiger charge is -2.33. The molecule has 0 bridgehead atoms. The normalized spacial score (nSPS) is 17.6. The van der Waals surface area contributed by atoms with E-state index in [1.54, 1.807) is 4.90 Å². The number of likely N-dealkylation sites (tertiary alicyclic amines) is 1. The second-order valence-corrected chi connectivity index (χ2v) is 6.82. The maximum atomic E-state index is 13.0. The van der Waals surface area contributed by atoms with E-state index in [9.17, 15) is 9.59 Å². The van der Waals surface area contributed by atoms with Gasteiger partial charge in [0.2, 0.25) is 0 Å². The molecule has 1 aliphatic heterocycles. The summed E-state index contributed by atoms with van der Waals surface area (Å²) in [5, 5.41) is 6.40. The Hall–Kier alpha value is -2.74. The van der Waals surface area contributed by atoms with E-state index < -0.39 is 0 Å². The third-order valence-corrected chi connectivity index (χ3v) is 5.17. The van der Waals surface area contributed by atoms with Crippen LogP contribution in [-0.2, 0) is 0 Å². The Morgan fingerprint density at radius 3 is 2.84 bits per heavy atom. The molecular weight excluding hydrogens is 338 g/mol. The first-order chi connectivity index (χ1) is 12.2. The quantitative estimate of drug-likeness (QED) is 0.755. The number of aromatic nitrogens is 4. The molecule has 8 heteroatoms. The number of piperidine rings is 1. The van der Waals surface area contributed by atoms with Crippen LogP contribution < -0.4 is 5.69 Å². The molecule has 1 aliphatic rings. The van der Waals surface area contributed by atoms with Crippen LogP contribution in [0.25, 0.3) is 11.3 Å². The second kappa shape index (κ2) is 6.64. The summed E-state index contributed by atoms with van der Waals surface area (Å²) in [7, 11) is 0. The van der Waals surface area contributed by atoms with E-state index in [2.05, 4.69) is 19.6 Å². The smallest absolute Gasteiger partial charge is 0.328 e. The topological polar surface area (TPSA) is 94.7 Å². The van der Waals surface area contributed by atoms with Crippen LogP contribution in [0.15, 0.2) is 41.2 Å². The number of benzene rings is 1. The maximum Gasteiger partial charge on any atom is 0.340 e. The Labute approximate surface area is 147 Å². The largest absolute Gasteiger partial charge is 0.340 e. The fraction of sp³-hybridized carbons (Fsp3) is 0.294. The van der Waals surface area contributed by atoms with Crippen LogP contribution >= 0.6 is 11.5 Å². The molecule has 0 aliphatic carbocycles. The van der Waals surface area contributed by atoms with Gasteiger partial charge in [-0.25, -0.2) is 9.89 Å². The number of nitrogens with one attached hydrogen (secondary N) is 2. The minimum Gasteiger partial charge on any atom is -0.328 e. The predicted octanol–water partition coefficient (Wildman–Crippen LogP) is 2.59. The molecule has 1 saturated heterocycles. The van der Waals surface area contributed by atoms with Gasteiger partial charge in [-0.15, -0.1) is 0 Å². The average molecular weight is 355 g/mol. The van der Waals surface area contributed by atoms with Crippen molar-refractivity contribution in [3.05, 3.63) is 57.6 Å². The summed E-state index contributed by atoms with van der Waals surface area (Å²) in [5.74, 6) is 0.457. The number of carbonyl (C=O) groups is 1. The van der Waals surface area contributed by atoms with Crippen molar-refractivity contribution >= 4 is 17.4 Å². The summed E-state index contributed by atoms with van der Waals surface area (Å²) >= 11 is 1.21. The van der Waals surface area contributed by atoms with Crippen LogP contribution in [0, 0.1) is 0 Å². The monoisotopic (exact) mass is 355 g/mol. The first-order valence-electron chi connectivity index (χ1n) is 8.20. The molecule has 0 radical (unpaired) electrons. The molecule has 1 aromatic carbocycles. The number of H-pyrrole nitrogens is 2. The SMILES string of the molecule is O=C(c1cc(-c2ccccc2)ns1)N1CCCC[C@@H]1c1n[nH]c(=O)[nH]1. The van der Waals surface area contributed by atoms with E-state index in [-0.39, 0.29) is 17.6 Å². The van der Waals surface area contributed by atoms with Crippen molar-refractivity contribution in [2.45, 2.75) is 25.3 Å². The van der Waals surface area contributed by atoms with Gasteiger partial charge in [-0.2, -0.15) is 9.47 Å². The summed E-state index contributed by atoms with van der Waals surface area (Å²) in [5.41, 5.74) is 1.44. The van der Waals surface area contributed by atoms with Crippen molar-refractivity contribution in [1.29, 1.82) is 0 Å². The van der Waals surface area contributed by atoms with E-state index in [1.165, 1.54) is 11.5 Å². The lowest BCUT2D eigenvalue weighted by Crippen LogP contribution is -2.38. The standard InChI is InChI=1S/C17H17N5O2S/c23-16(14-10-12(21-25-14)11-6-2-1-3-7-11)22-9-5-4-8-13(22)15-18-17(24)20-19-15/h1-3,6-7,10,13H,4-5,8-9H2,(H2,18,19,20,24)/t13-/m1/s1.